The number of nitrogens with two attached hydrogens (primary N) is 1. The van der Waals surface area contributed by atoms with Crippen molar-refractivity contribution in [3.63, 3.8) is 0 Å². The van der Waals surface area contributed by atoms with Gasteiger partial charge in [-0.1, -0.05) is 23.7 Å². The average molecular weight is 306 g/mol. The maximum Gasteiger partial charge on any atom is 0.334 e. The van der Waals surface area contributed by atoms with Crippen LogP contribution >= 0.6 is 11.6 Å². The number of carboxylic acid groups (broad SMARTS) is 1. The molecule has 3 N–H and O–H groups in total. The Morgan fingerprint density at radius 2 is 1.79 bits per heavy atom. The monoisotopic (exact) mass is 305 g/mol. The van der Waals surface area contributed by atoms with E-state index in [1.54, 1.807) is 0 Å². The molecule has 1 unspecified atom stereocenters. The van der Waals surface area contributed by atoms with Crippen molar-refractivity contribution < 1.29 is 23.1 Å². The first kappa shape index (κ1) is 15.6. The summed E-state index contributed by atoms with van der Waals surface area (Å²) < 4.78 is 22.5. The van der Waals surface area contributed by atoms with Gasteiger partial charge >= 0.3 is 5.97 Å². The predicted molar refractivity (Wildman–Crippen MR) is 69.2 cm³/mol. The van der Waals surface area contributed by atoms with Gasteiger partial charge in [0.05, 0.1) is 4.90 Å². The number of carbonyl (C=O) groups is 2. The summed E-state index contributed by atoms with van der Waals surface area (Å²) in [5, 5.41) is 8.92. The zero-order valence-electron chi connectivity index (χ0n) is 9.96. The van der Waals surface area contributed by atoms with E-state index in [-0.39, 0.29) is 10.5 Å². The van der Waals surface area contributed by atoms with Crippen LogP contribution in [0.1, 0.15) is 10.4 Å². The number of halogens is 1. The molecule has 104 valence electrons. The quantitative estimate of drug-likeness (QED) is 0.459. The zero-order chi connectivity index (χ0) is 14.8. The first-order valence-corrected chi connectivity index (χ1v) is 7.37. The molecule has 0 amide bonds. The third-order valence-corrected chi connectivity index (χ3v) is 4.14. The Morgan fingerprint density at radius 1 is 1.32 bits per heavy atom. The first-order chi connectivity index (χ1) is 8.63. The molecule has 8 heteroatoms. The second-order valence-electron chi connectivity index (χ2n) is 3.94. The summed E-state index contributed by atoms with van der Waals surface area (Å²) in [6.45, 7) is -0.573. The number of alkyl halides is 1. The third-order valence-electron chi connectivity index (χ3n) is 2.52. The summed E-state index contributed by atoms with van der Waals surface area (Å²) in [5.41, 5.74) is 5.20. The van der Waals surface area contributed by atoms with Gasteiger partial charge in [0.25, 0.3) is 0 Å². The maximum atomic E-state index is 12.0. The summed E-state index contributed by atoms with van der Waals surface area (Å²) in [7, 11) is -3.39. The van der Waals surface area contributed by atoms with Gasteiger partial charge in [-0.25, -0.2) is 13.2 Å². The molecule has 0 radical (unpaired) electrons. The van der Waals surface area contributed by atoms with E-state index in [0.717, 1.165) is 6.26 Å². The second kappa shape index (κ2) is 5.28. The van der Waals surface area contributed by atoms with Crippen LogP contribution in [0.2, 0.25) is 0 Å². The van der Waals surface area contributed by atoms with Crippen molar-refractivity contribution in [2.45, 2.75) is 9.77 Å². The summed E-state index contributed by atoms with van der Waals surface area (Å²) >= 11 is 5.68. The number of ketones is 1. The average Bonchev–Trinajstić information content (AvgIpc) is 2.35. The largest absolute Gasteiger partial charge is 0.480 e. The van der Waals surface area contributed by atoms with Gasteiger partial charge in [-0.3, -0.25) is 4.79 Å². The van der Waals surface area contributed by atoms with Gasteiger partial charge in [-0.15, -0.1) is 0 Å². The Labute approximate surface area is 115 Å². The van der Waals surface area contributed by atoms with Crippen molar-refractivity contribution in [1.29, 1.82) is 0 Å². The van der Waals surface area contributed by atoms with E-state index >= 15 is 0 Å². The maximum absolute atomic E-state index is 12.0. The number of aliphatic carboxylic acids is 1. The van der Waals surface area contributed by atoms with Crippen LogP contribution in [-0.4, -0.2) is 43.0 Å². The molecule has 0 spiro atoms. The minimum Gasteiger partial charge on any atom is -0.480 e. The second-order valence-corrected chi connectivity index (χ2v) is 6.60. The molecule has 0 fully saturated rings. The molecule has 0 saturated heterocycles. The van der Waals surface area contributed by atoms with E-state index in [2.05, 4.69) is 0 Å². The number of sulfone groups is 1. The van der Waals surface area contributed by atoms with Gasteiger partial charge in [0.15, 0.2) is 15.6 Å². The minimum atomic E-state index is -3.39. The Kier molecular flexibility index (Phi) is 4.34. The van der Waals surface area contributed by atoms with Crippen LogP contribution < -0.4 is 5.73 Å². The number of Topliss-reactive ketones (excluding diaryl/α,β-unsaturated/α-hetero) is 1. The topological polar surface area (TPSA) is 115 Å². The van der Waals surface area contributed by atoms with E-state index in [4.69, 9.17) is 22.4 Å². The summed E-state index contributed by atoms with van der Waals surface area (Å²) in [4.78, 5) is 20.7. The highest BCUT2D eigenvalue weighted by Crippen LogP contribution is 2.22. The molecule has 0 bridgehead atoms. The van der Waals surface area contributed by atoms with Crippen molar-refractivity contribution in [3.8, 4) is 0 Å². The Bertz CT molecular complexity index is 610. The first-order valence-electron chi connectivity index (χ1n) is 5.10. The number of carboxylic acids is 1. The van der Waals surface area contributed by atoms with Crippen LogP contribution in [0.5, 0.6) is 0 Å². The molecule has 0 aliphatic heterocycles. The molecule has 6 nitrogen and oxygen atoms in total. The fourth-order valence-corrected chi connectivity index (χ4v) is 2.10. The highest BCUT2D eigenvalue weighted by molar-refractivity contribution is 7.90. The van der Waals surface area contributed by atoms with E-state index in [0.29, 0.717) is 0 Å². The minimum absolute atomic E-state index is 0.0183. The van der Waals surface area contributed by atoms with Crippen molar-refractivity contribution >= 4 is 33.2 Å². The van der Waals surface area contributed by atoms with E-state index in [1.807, 2.05) is 0 Å². The summed E-state index contributed by atoms with van der Waals surface area (Å²) in [5.74, 6) is -2.43. The molecule has 0 aromatic heterocycles. The molecule has 1 aromatic carbocycles. The number of benzene rings is 1. The van der Waals surface area contributed by atoms with E-state index < -0.39 is 33.0 Å². The Hall–Kier alpha value is -1.44. The lowest BCUT2D eigenvalue weighted by Crippen LogP contribution is -2.47. The van der Waals surface area contributed by atoms with E-state index in [1.165, 1.54) is 24.3 Å². The molecule has 19 heavy (non-hydrogen) atoms. The Morgan fingerprint density at radius 3 is 2.11 bits per heavy atom. The van der Waals surface area contributed by atoms with Crippen LogP contribution in [-0.2, 0) is 14.6 Å². The van der Waals surface area contributed by atoms with Crippen molar-refractivity contribution in [2.75, 3.05) is 12.8 Å². The molecular formula is C11H12ClNO5S. The van der Waals surface area contributed by atoms with Crippen LogP contribution in [0.25, 0.3) is 0 Å². The lowest BCUT2D eigenvalue weighted by molar-refractivity contribution is -0.138. The summed E-state index contributed by atoms with van der Waals surface area (Å²) in [6, 6.07) is 4.82. The fourth-order valence-electron chi connectivity index (χ4n) is 1.36. The van der Waals surface area contributed by atoms with Crippen LogP contribution in [0, 0.1) is 0 Å². The van der Waals surface area contributed by atoms with Gasteiger partial charge in [-0.05, 0) is 12.1 Å². The predicted octanol–water partition coefficient (Wildman–Crippen LogP) is 0.294. The van der Waals surface area contributed by atoms with Crippen molar-refractivity contribution in [1.82, 2.24) is 0 Å². The molecule has 1 aromatic rings. The smallest absolute Gasteiger partial charge is 0.334 e. The highest BCUT2D eigenvalue weighted by atomic mass is 35.5. The molecule has 0 heterocycles. The standard InChI is InChI=1S/C11H12ClNO5S/c1-19(17,18)8-4-2-7(3-5-8)9(14)11(12,6-13)10(15)16/h2-5H,6,13H2,1H3,(H,15,16). The zero-order valence-corrected chi connectivity index (χ0v) is 11.5. The molecule has 0 aliphatic carbocycles. The van der Waals surface area contributed by atoms with Gasteiger partial charge in [0.1, 0.15) is 0 Å². The molecule has 1 rings (SSSR count). The number of carbonyl (C=O) groups excluding carboxylic acids is 1. The molecule has 1 atom stereocenters. The van der Waals surface area contributed by atoms with Gasteiger partial charge in [-0.2, -0.15) is 0 Å². The molecule has 0 saturated carbocycles. The number of hydrogen-bond donors (Lipinski definition) is 2. The van der Waals surface area contributed by atoms with Crippen LogP contribution in [0.15, 0.2) is 29.2 Å². The highest BCUT2D eigenvalue weighted by Gasteiger charge is 2.43. The SMILES string of the molecule is CS(=O)(=O)c1ccc(C(=O)C(Cl)(CN)C(=O)O)cc1. The lowest BCUT2D eigenvalue weighted by atomic mass is 9.97. The van der Waals surface area contributed by atoms with E-state index in [9.17, 15) is 18.0 Å². The van der Waals surface area contributed by atoms with Crippen LogP contribution in [0.3, 0.4) is 0 Å². The third kappa shape index (κ3) is 3.12. The molecular weight excluding hydrogens is 294 g/mol. The van der Waals surface area contributed by atoms with Gasteiger partial charge in [0.2, 0.25) is 4.87 Å². The summed E-state index contributed by atoms with van der Waals surface area (Å²) in [6.07, 6.45) is 1.02. The number of hydrogen-bond acceptors (Lipinski definition) is 5. The van der Waals surface area contributed by atoms with Gasteiger partial charge in [0, 0.05) is 18.4 Å². The van der Waals surface area contributed by atoms with Gasteiger partial charge < -0.3 is 10.8 Å². The van der Waals surface area contributed by atoms with Crippen molar-refractivity contribution in [2.24, 2.45) is 5.73 Å². The molecule has 0 aliphatic rings. The van der Waals surface area contributed by atoms with Crippen molar-refractivity contribution in [3.05, 3.63) is 29.8 Å². The van der Waals surface area contributed by atoms with Crippen LogP contribution in [0.4, 0.5) is 0 Å². The lowest BCUT2D eigenvalue weighted by Gasteiger charge is -2.18. The Balaban J connectivity index is 3.19. The normalized spacial score (nSPS) is 14.7. The number of rotatable bonds is 5. The fraction of sp³-hybridized carbons (Fsp3) is 0.273.